The maximum atomic E-state index is 11.3. The molecule has 0 aliphatic heterocycles. The Hall–Kier alpha value is -1.82. The van der Waals surface area contributed by atoms with Crippen molar-refractivity contribution in [2.24, 2.45) is 0 Å². The van der Waals surface area contributed by atoms with Crippen molar-refractivity contribution in [3.05, 3.63) is 34.3 Å². The number of hydrogen-bond donors (Lipinski definition) is 1. The fraction of sp³-hybridized carbons (Fsp3) is 0.273. The molecule has 90 valence electrons. The highest BCUT2D eigenvalue weighted by molar-refractivity contribution is 7.07. The van der Waals surface area contributed by atoms with Crippen molar-refractivity contribution in [2.45, 2.75) is 13.0 Å². The number of ether oxygens (including phenoxy) is 1. The van der Waals surface area contributed by atoms with Crippen LogP contribution in [0.5, 0.6) is 0 Å². The summed E-state index contributed by atoms with van der Waals surface area (Å²) in [6.45, 7) is 0.692. The molecule has 2 heterocycles. The number of esters is 1. The van der Waals surface area contributed by atoms with Crippen LogP contribution in [0, 0.1) is 0 Å². The predicted molar refractivity (Wildman–Crippen MR) is 66.0 cm³/mol. The molecular formula is C11H13N3O2S. The number of thiophene rings is 1. The molecule has 0 spiro atoms. The molecule has 0 aliphatic rings. The van der Waals surface area contributed by atoms with Gasteiger partial charge in [-0.1, -0.05) is 0 Å². The van der Waals surface area contributed by atoms with Crippen molar-refractivity contribution >= 4 is 23.0 Å². The molecular weight excluding hydrogens is 238 g/mol. The van der Waals surface area contributed by atoms with Gasteiger partial charge in [-0.3, -0.25) is 4.68 Å². The Bertz CT molecular complexity index is 505. The summed E-state index contributed by atoms with van der Waals surface area (Å²) in [5, 5.41) is 8.23. The Labute approximate surface area is 103 Å². The average molecular weight is 251 g/mol. The summed E-state index contributed by atoms with van der Waals surface area (Å²) in [4.78, 5) is 11.3. The molecule has 2 rings (SSSR count). The summed E-state index contributed by atoms with van der Waals surface area (Å²) in [5.74, 6) is -0.503. The number of nitrogen functional groups attached to an aromatic ring is 1. The highest BCUT2D eigenvalue weighted by Gasteiger charge is 2.14. The Balaban J connectivity index is 2.05. The zero-order valence-corrected chi connectivity index (χ0v) is 10.2. The van der Waals surface area contributed by atoms with Gasteiger partial charge in [-0.05, 0) is 28.8 Å². The number of methoxy groups -OCH3 is 1. The van der Waals surface area contributed by atoms with E-state index in [4.69, 9.17) is 5.73 Å². The van der Waals surface area contributed by atoms with Crippen molar-refractivity contribution < 1.29 is 9.53 Å². The molecule has 0 bridgehead atoms. The molecule has 17 heavy (non-hydrogen) atoms. The van der Waals surface area contributed by atoms with E-state index >= 15 is 0 Å². The van der Waals surface area contributed by atoms with Crippen molar-refractivity contribution in [2.75, 3.05) is 12.8 Å². The van der Waals surface area contributed by atoms with Crippen LogP contribution < -0.4 is 5.73 Å². The standard InChI is InChI=1S/C11H13N3O2S/c1-16-11(15)10-9(12)6-14(13-10)4-2-8-3-5-17-7-8/h3,5-7H,2,4,12H2,1H3. The van der Waals surface area contributed by atoms with E-state index in [-0.39, 0.29) is 5.69 Å². The SMILES string of the molecule is COC(=O)c1nn(CCc2ccsc2)cc1N. The van der Waals surface area contributed by atoms with Gasteiger partial charge in [0.2, 0.25) is 0 Å². The van der Waals surface area contributed by atoms with Crippen LogP contribution in [0.25, 0.3) is 0 Å². The second-order valence-corrected chi connectivity index (χ2v) is 4.35. The number of aryl methyl sites for hydroxylation is 2. The lowest BCUT2D eigenvalue weighted by molar-refractivity contribution is 0.0594. The molecule has 0 fully saturated rings. The summed E-state index contributed by atoms with van der Waals surface area (Å²) in [6.07, 6.45) is 2.52. The average Bonchev–Trinajstić information content (AvgIpc) is 2.94. The van der Waals surface area contributed by atoms with Crippen LogP contribution >= 0.6 is 11.3 Å². The van der Waals surface area contributed by atoms with E-state index in [1.165, 1.54) is 12.7 Å². The Morgan fingerprint density at radius 3 is 3.12 bits per heavy atom. The predicted octanol–water partition coefficient (Wildman–Crippen LogP) is 1.56. The van der Waals surface area contributed by atoms with Gasteiger partial charge in [-0.2, -0.15) is 16.4 Å². The second kappa shape index (κ2) is 5.01. The summed E-state index contributed by atoms with van der Waals surface area (Å²) < 4.78 is 6.25. The number of rotatable bonds is 4. The molecule has 6 heteroatoms. The number of nitrogens with zero attached hydrogens (tertiary/aromatic N) is 2. The maximum Gasteiger partial charge on any atom is 0.360 e. The summed E-state index contributed by atoms with van der Waals surface area (Å²) in [7, 11) is 1.31. The van der Waals surface area contributed by atoms with E-state index in [2.05, 4.69) is 21.3 Å². The van der Waals surface area contributed by atoms with Gasteiger partial charge in [0.25, 0.3) is 0 Å². The first-order chi connectivity index (χ1) is 8.20. The molecule has 5 nitrogen and oxygen atoms in total. The highest BCUT2D eigenvalue weighted by atomic mass is 32.1. The number of anilines is 1. The van der Waals surface area contributed by atoms with Crippen LogP contribution in [0.3, 0.4) is 0 Å². The van der Waals surface area contributed by atoms with Gasteiger partial charge in [0.05, 0.1) is 12.8 Å². The first-order valence-corrected chi connectivity index (χ1v) is 6.07. The molecule has 0 aromatic carbocycles. The van der Waals surface area contributed by atoms with E-state index in [0.29, 0.717) is 12.2 Å². The third-order valence-electron chi connectivity index (χ3n) is 2.38. The maximum absolute atomic E-state index is 11.3. The number of carbonyl (C=O) groups is 1. The van der Waals surface area contributed by atoms with Crippen LogP contribution in [0.1, 0.15) is 16.1 Å². The lowest BCUT2D eigenvalue weighted by atomic mass is 10.2. The molecule has 0 saturated heterocycles. The van der Waals surface area contributed by atoms with Gasteiger partial charge in [0.1, 0.15) is 0 Å². The minimum atomic E-state index is -0.503. The third kappa shape index (κ3) is 2.65. The normalized spacial score (nSPS) is 10.4. The number of nitrogens with two attached hydrogens (primary N) is 1. The van der Waals surface area contributed by atoms with Gasteiger partial charge in [-0.25, -0.2) is 4.79 Å². The van der Waals surface area contributed by atoms with E-state index in [1.807, 2.05) is 5.38 Å². The summed E-state index contributed by atoms with van der Waals surface area (Å²) in [6, 6.07) is 2.07. The van der Waals surface area contributed by atoms with E-state index in [9.17, 15) is 4.79 Å². The minimum absolute atomic E-state index is 0.179. The van der Waals surface area contributed by atoms with Crippen LogP contribution in [-0.2, 0) is 17.7 Å². The van der Waals surface area contributed by atoms with E-state index < -0.39 is 5.97 Å². The molecule has 2 N–H and O–H groups in total. The number of hydrogen-bond acceptors (Lipinski definition) is 5. The summed E-state index contributed by atoms with van der Waals surface area (Å²) in [5.41, 5.74) is 7.47. The fourth-order valence-corrected chi connectivity index (χ4v) is 2.19. The third-order valence-corrected chi connectivity index (χ3v) is 3.11. The molecule has 0 amide bonds. The van der Waals surface area contributed by atoms with Gasteiger partial charge in [-0.15, -0.1) is 0 Å². The zero-order valence-electron chi connectivity index (χ0n) is 9.42. The molecule has 0 atom stereocenters. The topological polar surface area (TPSA) is 70.1 Å². The van der Waals surface area contributed by atoms with Gasteiger partial charge in [0, 0.05) is 12.7 Å². The van der Waals surface area contributed by atoms with Crippen LogP contribution in [-0.4, -0.2) is 22.9 Å². The van der Waals surface area contributed by atoms with Gasteiger partial charge in [0.15, 0.2) is 5.69 Å². The lowest BCUT2D eigenvalue weighted by Gasteiger charge is -1.99. The molecule has 0 saturated carbocycles. The summed E-state index contributed by atoms with van der Waals surface area (Å²) >= 11 is 1.66. The molecule has 0 unspecified atom stereocenters. The number of aromatic nitrogens is 2. The molecule has 2 aromatic rings. The lowest BCUT2D eigenvalue weighted by Crippen LogP contribution is -2.07. The van der Waals surface area contributed by atoms with Crippen molar-refractivity contribution in [3.8, 4) is 0 Å². The van der Waals surface area contributed by atoms with Crippen molar-refractivity contribution in [1.29, 1.82) is 0 Å². The highest BCUT2D eigenvalue weighted by Crippen LogP contribution is 2.12. The Morgan fingerprint density at radius 1 is 1.65 bits per heavy atom. The smallest absolute Gasteiger partial charge is 0.360 e. The first kappa shape index (κ1) is 11.7. The fourth-order valence-electron chi connectivity index (χ4n) is 1.49. The minimum Gasteiger partial charge on any atom is -0.464 e. The molecule has 0 aliphatic carbocycles. The van der Waals surface area contributed by atoms with Gasteiger partial charge < -0.3 is 10.5 Å². The molecule has 0 radical (unpaired) electrons. The number of carbonyl (C=O) groups excluding carboxylic acids is 1. The second-order valence-electron chi connectivity index (χ2n) is 3.57. The quantitative estimate of drug-likeness (QED) is 0.837. The molecule has 2 aromatic heterocycles. The largest absolute Gasteiger partial charge is 0.464 e. The monoisotopic (exact) mass is 251 g/mol. The Morgan fingerprint density at radius 2 is 2.47 bits per heavy atom. The van der Waals surface area contributed by atoms with Crippen molar-refractivity contribution in [1.82, 2.24) is 9.78 Å². The zero-order chi connectivity index (χ0) is 12.3. The van der Waals surface area contributed by atoms with Crippen LogP contribution in [0.4, 0.5) is 5.69 Å². The van der Waals surface area contributed by atoms with Crippen molar-refractivity contribution in [3.63, 3.8) is 0 Å². The Kier molecular flexibility index (Phi) is 3.43. The van der Waals surface area contributed by atoms with E-state index in [1.54, 1.807) is 22.2 Å². The van der Waals surface area contributed by atoms with Gasteiger partial charge >= 0.3 is 5.97 Å². The van der Waals surface area contributed by atoms with Crippen LogP contribution in [0.15, 0.2) is 23.0 Å². The van der Waals surface area contributed by atoms with Crippen LogP contribution in [0.2, 0.25) is 0 Å². The van der Waals surface area contributed by atoms with E-state index in [0.717, 1.165) is 6.42 Å². The first-order valence-electron chi connectivity index (χ1n) is 5.13.